The first-order valence-corrected chi connectivity index (χ1v) is 6.27. The summed E-state index contributed by atoms with van der Waals surface area (Å²) in [4.78, 5) is 19.3. The van der Waals surface area contributed by atoms with Crippen molar-refractivity contribution in [3.05, 3.63) is 54.0 Å². The summed E-state index contributed by atoms with van der Waals surface area (Å²) < 4.78 is 40.4. The molecular weight excluding hydrogens is 299 g/mol. The van der Waals surface area contributed by atoms with Crippen LogP contribution in [0.25, 0.3) is 0 Å². The number of nitrogens with one attached hydrogen (secondary N) is 1. The highest BCUT2D eigenvalue weighted by Crippen LogP contribution is 2.17. The number of nitrogens with zero attached hydrogens (tertiary/aromatic N) is 2. The SMILES string of the molecule is O=C(NCc1ccc(OCC(F)(F)F)nc1)c1ccncc1. The highest BCUT2D eigenvalue weighted by molar-refractivity contribution is 5.93. The summed E-state index contributed by atoms with van der Waals surface area (Å²) in [6.07, 6.45) is -0.0517. The van der Waals surface area contributed by atoms with E-state index < -0.39 is 12.8 Å². The number of hydrogen-bond acceptors (Lipinski definition) is 4. The van der Waals surface area contributed by atoms with Gasteiger partial charge in [0, 0.05) is 36.8 Å². The summed E-state index contributed by atoms with van der Waals surface area (Å²) in [5.41, 5.74) is 1.11. The standard InChI is InChI=1S/C14H12F3N3O2/c15-14(16,17)9-22-12-2-1-10(7-19-12)8-20-13(21)11-3-5-18-6-4-11/h1-7H,8-9H2,(H,20,21). The van der Waals surface area contributed by atoms with E-state index in [2.05, 4.69) is 20.0 Å². The zero-order valence-corrected chi connectivity index (χ0v) is 11.3. The molecule has 0 aliphatic heterocycles. The number of halogens is 3. The molecule has 0 bridgehead atoms. The van der Waals surface area contributed by atoms with Crippen molar-refractivity contribution in [2.24, 2.45) is 0 Å². The van der Waals surface area contributed by atoms with Gasteiger partial charge in [0.25, 0.3) is 5.91 Å². The van der Waals surface area contributed by atoms with E-state index in [-0.39, 0.29) is 18.3 Å². The van der Waals surface area contributed by atoms with Gasteiger partial charge in [-0.15, -0.1) is 0 Å². The third-order valence-electron chi connectivity index (χ3n) is 2.58. The number of carbonyl (C=O) groups is 1. The van der Waals surface area contributed by atoms with Crippen molar-refractivity contribution in [2.75, 3.05) is 6.61 Å². The smallest absolute Gasteiger partial charge is 0.422 e. The van der Waals surface area contributed by atoms with Gasteiger partial charge in [-0.1, -0.05) is 6.07 Å². The van der Waals surface area contributed by atoms with Crippen LogP contribution in [0.4, 0.5) is 13.2 Å². The third kappa shape index (κ3) is 5.04. The number of aromatic nitrogens is 2. The van der Waals surface area contributed by atoms with Crippen LogP contribution in [-0.4, -0.2) is 28.7 Å². The minimum absolute atomic E-state index is 0.124. The summed E-state index contributed by atoms with van der Waals surface area (Å²) >= 11 is 0. The molecule has 0 aliphatic carbocycles. The number of amides is 1. The van der Waals surface area contributed by atoms with Gasteiger partial charge in [-0.2, -0.15) is 13.2 Å². The molecule has 1 N–H and O–H groups in total. The summed E-state index contributed by atoms with van der Waals surface area (Å²) in [5, 5.41) is 2.66. The maximum absolute atomic E-state index is 12.0. The highest BCUT2D eigenvalue weighted by atomic mass is 19.4. The van der Waals surface area contributed by atoms with Crippen LogP contribution in [0, 0.1) is 0 Å². The van der Waals surface area contributed by atoms with Gasteiger partial charge < -0.3 is 10.1 Å². The quantitative estimate of drug-likeness (QED) is 0.920. The molecule has 8 heteroatoms. The molecule has 0 atom stereocenters. The van der Waals surface area contributed by atoms with Crippen molar-refractivity contribution in [1.29, 1.82) is 0 Å². The third-order valence-corrected chi connectivity index (χ3v) is 2.58. The van der Waals surface area contributed by atoms with Crippen LogP contribution in [0.3, 0.4) is 0 Å². The fourth-order valence-electron chi connectivity index (χ4n) is 1.54. The van der Waals surface area contributed by atoms with Crippen molar-refractivity contribution < 1.29 is 22.7 Å². The Hall–Kier alpha value is -2.64. The lowest BCUT2D eigenvalue weighted by Gasteiger charge is -2.09. The van der Waals surface area contributed by atoms with Crippen LogP contribution in [0.1, 0.15) is 15.9 Å². The van der Waals surface area contributed by atoms with E-state index in [9.17, 15) is 18.0 Å². The van der Waals surface area contributed by atoms with Crippen molar-refractivity contribution in [3.63, 3.8) is 0 Å². The first kappa shape index (κ1) is 15.7. The lowest BCUT2D eigenvalue weighted by Crippen LogP contribution is -2.23. The molecule has 0 saturated carbocycles. The molecule has 5 nitrogen and oxygen atoms in total. The van der Waals surface area contributed by atoms with Crippen LogP contribution < -0.4 is 10.1 Å². The van der Waals surface area contributed by atoms with E-state index >= 15 is 0 Å². The van der Waals surface area contributed by atoms with E-state index in [4.69, 9.17) is 0 Å². The lowest BCUT2D eigenvalue weighted by molar-refractivity contribution is -0.154. The number of ether oxygens (including phenoxy) is 1. The van der Waals surface area contributed by atoms with E-state index in [1.165, 1.54) is 30.7 Å². The minimum Gasteiger partial charge on any atom is -0.468 e. The van der Waals surface area contributed by atoms with Crippen LogP contribution in [0.15, 0.2) is 42.9 Å². The molecular formula is C14H12F3N3O2. The number of alkyl halides is 3. The second-order valence-electron chi connectivity index (χ2n) is 4.33. The molecule has 22 heavy (non-hydrogen) atoms. The summed E-state index contributed by atoms with van der Waals surface area (Å²) in [6, 6.07) is 5.99. The first-order chi connectivity index (χ1) is 10.4. The first-order valence-electron chi connectivity index (χ1n) is 6.27. The molecule has 0 aliphatic rings. The average molecular weight is 311 g/mol. The molecule has 0 aromatic carbocycles. The van der Waals surface area contributed by atoms with Crippen molar-refractivity contribution >= 4 is 5.91 Å². The Morgan fingerprint density at radius 3 is 2.50 bits per heavy atom. The Kier molecular flexibility index (Phi) is 4.92. The summed E-state index contributed by atoms with van der Waals surface area (Å²) in [5.74, 6) is -0.402. The summed E-state index contributed by atoms with van der Waals surface area (Å²) in [7, 11) is 0. The lowest BCUT2D eigenvalue weighted by atomic mass is 10.2. The maximum atomic E-state index is 12.0. The normalized spacial score (nSPS) is 11.0. The predicted molar refractivity (Wildman–Crippen MR) is 71.2 cm³/mol. The van der Waals surface area contributed by atoms with Crippen LogP contribution in [0.2, 0.25) is 0 Å². The second kappa shape index (κ2) is 6.88. The largest absolute Gasteiger partial charge is 0.468 e. The zero-order chi connectivity index (χ0) is 16.0. The molecule has 2 rings (SSSR count). The topological polar surface area (TPSA) is 64.1 Å². The predicted octanol–water partition coefficient (Wildman–Crippen LogP) is 2.35. The van der Waals surface area contributed by atoms with E-state index in [1.807, 2.05) is 0 Å². The van der Waals surface area contributed by atoms with Crippen molar-refractivity contribution in [2.45, 2.75) is 12.7 Å². The zero-order valence-electron chi connectivity index (χ0n) is 11.3. The number of pyridine rings is 2. The Bertz CT molecular complexity index is 615. The molecule has 0 radical (unpaired) electrons. The Morgan fingerprint density at radius 1 is 1.18 bits per heavy atom. The van der Waals surface area contributed by atoms with Gasteiger partial charge in [-0.25, -0.2) is 4.98 Å². The fourth-order valence-corrected chi connectivity index (χ4v) is 1.54. The van der Waals surface area contributed by atoms with E-state index in [1.54, 1.807) is 12.1 Å². The van der Waals surface area contributed by atoms with Gasteiger partial charge in [0.15, 0.2) is 6.61 Å². The fraction of sp³-hybridized carbons (Fsp3) is 0.214. The van der Waals surface area contributed by atoms with Gasteiger partial charge in [-0.3, -0.25) is 9.78 Å². The molecule has 1 amide bonds. The molecule has 0 fully saturated rings. The van der Waals surface area contributed by atoms with Crippen LogP contribution in [0.5, 0.6) is 5.88 Å². The monoisotopic (exact) mass is 311 g/mol. The number of rotatable bonds is 5. The van der Waals surface area contributed by atoms with Crippen LogP contribution in [-0.2, 0) is 6.54 Å². The molecule has 2 aromatic rings. The number of hydrogen-bond donors (Lipinski definition) is 1. The van der Waals surface area contributed by atoms with Gasteiger partial charge in [0.2, 0.25) is 5.88 Å². The van der Waals surface area contributed by atoms with Gasteiger partial charge in [0.1, 0.15) is 0 Å². The molecule has 0 spiro atoms. The number of carbonyl (C=O) groups excluding carboxylic acids is 1. The van der Waals surface area contributed by atoms with E-state index in [0.717, 1.165) is 0 Å². The molecule has 0 unspecified atom stereocenters. The Labute approximate surface area is 124 Å². The molecule has 2 aromatic heterocycles. The highest BCUT2D eigenvalue weighted by Gasteiger charge is 2.28. The molecule has 0 saturated heterocycles. The van der Waals surface area contributed by atoms with Gasteiger partial charge in [0.05, 0.1) is 0 Å². The van der Waals surface area contributed by atoms with Gasteiger partial charge >= 0.3 is 6.18 Å². The Morgan fingerprint density at radius 2 is 1.91 bits per heavy atom. The van der Waals surface area contributed by atoms with Crippen LogP contribution >= 0.6 is 0 Å². The van der Waals surface area contributed by atoms with E-state index in [0.29, 0.717) is 11.1 Å². The average Bonchev–Trinajstić information content (AvgIpc) is 2.52. The minimum atomic E-state index is -4.40. The Balaban J connectivity index is 1.85. The second-order valence-corrected chi connectivity index (χ2v) is 4.33. The van der Waals surface area contributed by atoms with Gasteiger partial charge in [-0.05, 0) is 17.7 Å². The maximum Gasteiger partial charge on any atom is 0.422 e. The molecule has 2 heterocycles. The van der Waals surface area contributed by atoms with Crippen molar-refractivity contribution in [3.8, 4) is 5.88 Å². The summed E-state index contributed by atoms with van der Waals surface area (Å²) in [6.45, 7) is -1.19. The molecule has 116 valence electrons. The van der Waals surface area contributed by atoms with Crippen molar-refractivity contribution in [1.82, 2.24) is 15.3 Å².